The average Bonchev–Trinajstić information content (AvgIpc) is 2.62. The van der Waals surface area contributed by atoms with Crippen molar-refractivity contribution in [1.82, 2.24) is 0 Å². The Labute approximate surface area is 160 Å². The molecule has 3 rings (SSSR count). The Hall–Kier alpha value is -3.00. The Morgan fingerprint density at radius 3 is 2.37 bits per heavy atom. The Kier molecular flexibility index (Phi) is 5.09. The van der Waals surface area contributed by atoms with Gasteiger partial charge in [-0.3, -0.25) is 14.9 Å². The number of nitrogens with one attached hydrogen (secondary N) is 1. The van der Waals surface area contributed by atoms with Gasteiger partial charge in [0.25, 0.3) is 11.6 Å². The number of ether oxygens (including phenoxy) is 3. The number of hydrogen-bond donors (Lipinski definition) is 1. The van der Waals surface area contributed by atoms with E-state index >= 15 is 0 Å². The fraction of sp³-hybridized carbons (Fsp3) is 0.278. The average molecular weight is 393 g/mol. The summed E-state index contributed by atoms with van der Waals surface area (Å²) < 4.78 is 16.5. The van der Waals surface area contributed by atoms with Gasteiger partial charge in [-0.25, -0.2) is 0 Å². The number of nitrogens with zero attached hydrogens (tertiary/aromatic N) is 1. The van der Waals surface area contributed by atoms with Crippen molar-refractivity contribution in [2.75, 3.05) is 18.5 Å². The van der Waals surface area contributed by atoms with Gasteiger partial charge in [-0.15, -0.1) is 0 Å². The Bertz CT molecular complexity index is 882. The number of rotatable bonds is 5. The molecule has 0 bridgehead atoms. The second-order valence-corrected chi connectivity index (χ2v) is 6.73. The van der Waals surface area contributed by atoms with Crippen molar-refractivity contribution >= 4 is 28.9 Å². The molecule has 142 valence electrons. The van der Waals surface area contributed by atoms with E-state index in [9.17, 15) is 14.9 Å². The molecule has 1 aliphatic heterocycles. The third kappa shape index (κ3) is 4.22. The molecule has 0 aromatic heterocycles. The molecule has 1 heterocycles. The van der Waals surface area contributed by atoms with E-state index in [1.807, 2.05) is 0 Å². The van der Waals surface area contributed by atoms with Crippen LogP contribution in [0.15, 0.2) is 36.4 Å². The quantitative estimate of drug-likeness (QED) is 0.613. The van der Waals surface area contributed by atoms with Crippen molar-refractivity contribution in [2.45, 2.75) is 19.4 Å². The predicted molar refractivity (Wildman–Crippen MR) is 98.9 cm³/mol. The second kappa shape index (κ2) is 7.32. The van der Waals surface area contributed by atoms with Crippen LogP contribution >= 0.6 is 11.6 Å². The van der Waals surface area contributed by atoms with E-state index in [1.165, 1.54) is 12.1 Å². The highest BCUT2D eigenvalue weighted by atomic mass is 35.5. The summed E-state index contributed by atoms with van der Waals surface area (Å²) in [7, 11) is 0. The molecule has 0 saturated carbocycles. The third-order valence-corrected chi connectivity index (χ3v) is 4.09. The van der Waals surface area contributed by atoms with Crippen LogP contribution in [0.5, 0.6) is 17.2 Å². The molecule has 0 aliphatic carbocycles. The number of carbonyl (C=O) groups is 1. The SMILES string of the molecule is CC(C)(Oc1ccc(Cl)cc1)C(=O)Nc1cc2c(cc1[N+](=O)[O-])OCCO2. The molecule has 9 heteroatoms. The van der Waals surface area contributed by atoms with E-state index in [0.717, 1.165) is 0 Å². The van der Waals surface area contributed by atoms with Crippen molar-refractivity contribution < 1.29 is 23.9 Å². The molecule has 1 amide bonds. The number of hydrogen-bond acceptors (Lipinski definition) is 6. The van der Waals surface area contributed by atoms with Crippen LogP contribution < -0.4 is 19.5 Å². The van der Waals surface area contributed by atoms with Gasteiger partial charge in [0.15, 0.2) is 17.1 Å². The van der Waals surface area contributed by atoms with Crippen LogP contribution in [0.4, 0.5) is 11.4 Å². The molecule has 1 N–H and O–H groups in total. The largest absolute Gasteiger partial charge is 0.486 e. The number of amides is 1. The highest BCUT2D eigenvalue weighted by Crippen LogP contribution is 2.39. The smallest absolute Gasteiger partial charge is 0.296 e. The molecule has 0 fully saturated rings. The normalized spacial score (nSPS) is 13.0. The Morgan fingerprint density at radius 1 is 1.19 bits per heavy atom. The van der Waals surface area contributed by atoms with Crippen LogP contribution in [0, 0.1) is 10.1 Å². The fourth-order valence-electron chi connectivity index (χ4n) is 2.45. The van der Waals surface area contributed by atoms with Crippen LogP contribution in [0.25, 0.3) is 0 Å². The van der Waals surface area contributed by atoms with Gasteiger partial charge in [-0.1, -0.05) is 11.6 Å². The van der Waals surface area contributed by atoms with Crippen molar-refractivity contribution in [1.29, 1.82) is 0 Å². The highest BCUT2D eigenvalue weighted by Gasteiger charge is 2.32. The number of halogens is 1. The van der Waals surface area contributed by atoms with Crippen LogP contribution in [0.1, 0.15) is 13.8 Å². The summed E-state index contributed by atoms with van der Waals surface area (Å²) in [6.07, 6.45) is 0. The number of nitro groups is 1. The molecule has 8 nitrogen and oxygen atoms in total. The summed E-state index contributed by atoms with van der Waals surface area (Å²) in [6, 6.07) is 9.14. The number of benzene rings is 2. The molecule has 0 atom stereocenters. The van der Waals surface area contributed by atoms with Gasteiger partial charge < -0.3 is 19.5 Å². The topological polar surface area (TPSA) is 99.9 Å². The van der Waals surface area contributed by atoms with E-state index in [1.54, 1.807) is 38.1 Å². The minimum atomic E-state index is -1.30. The van der Waals surface area contributed by atoms with Crippen LogP contribution in [-0.2, 0) is 4.79 Å². The van der Waals surface area contributed by atoms with E-state index in [0.29, 0.717) is 29.7 Å². The molecule has 27 heavy (non-hydrogen) atoms. The van der Waals surface area contributed by atoms with E-state index in [2.05, 4.69) is 5.32 Å². The molecule has 0 spiro atoms. The molecular formula is C18H17ClN2O6. The molecular weight excluding hydrogens is 376 g/mol. The van der Waals surface area contributed by atoms with Gasteiger partial charge in [-0.2, -0.15) is 0 Å². The first-order valence-corrected chi connectivity index (χ1v) is 8.48. The summed E-state index contributed by atoms with van der Waals surface area (Å²) in [6.45, 7) is 3.74. The van der Waals surface area contributed by atoms with Gasteiger partial charge >= 0.3 is 0 Å². The number of nitro benzene ring substituents is 1. The van der Waals surface area contributed by atoms with E-state index in [-0.39, 0.29) is 17.1 Å². The zero-order valence-corrected chi connectivity index (χ0v) is 15.4. The first kappa shape index (κ1) is 18.8. The van der Waals surface area contributed by atoms with E-state index < -0.39 is 16.4 Å². The van der Waals surface area contributed by atoms with Crippen LogP contribution in [0.3, 0.4) is 0 Å². The predicted octanol–water partition coefficient (Wildman–Crippen LogP) is 3.82. The third-order valence-electron chi connectivity index (χ3n) is 3.84. The zero-order chi connectivity index (χ0) is 19.6. The summed E-state index contributed by atoms with van der Waals surface area (Å²) in [4.78, 5) is 23.5. The van der Waals surface area contributed by atoms with Crippen molar-refractivity contribution in [3.63, 3.8) is 0 Å². The highest BCUT2D eigenvalue weighted by molar-refractivity contribution is 6.30. The zero-order valence-electron chi connectivity index (χ0n) is 14.7. The number of anilines is 1. The Morgan fingerprint density at radius 2 is 1.78 bits per heavy atom. The maximum atomic E-state index is 12.7. The van der Waals surface area contributed by atoms with Crippen LogP contribution in [0.2, 0.25) is 5.02 Å². The minimum Gasteiger partial charge on any atom is -0.486 e. The lowest BCUT2D eigenvalue weighted by Gasteiger charge is -2.26. The maximum absolute atomic E-state index is 12.7. The first-order chi connectivity index (χ1) is 12.8. The lowest BCUT2D eigenvalue weighted by molar-refractivity contribution is -0.384. The molecule has 0 radical (unpaired) electrons. The van der Waals surface area contributed by atoms with Gasteiger partial charge in [0.05, 0.1) is 11.0 Å². The van der Waals surface area contributed by atoms with Crippen molar-refractivity contribution in [3.05, 3.63) is 51.5 Å². The van der Waals surface area contributed by atoms with Crippen molar-refractivity contribution in [2.24, 2.45) is 0 Å². The summed E-state index contributed by atoms with van der Waals surface area (Å²) in [5, 5.41) is 14.5. The monoisotopic (exact) mass is 392 g/mol. The number of fused-ring (bicyclic) bond motifs is 1. The lowest BCUT2D eigenvalue weighted by atomic mass is 10.1. The first-order valence-electron chi connectivity index (χ1n) is 8.10. The Balaban J connectivity index is 1.83. The summed E-state index contributed by atoms with van der Waals surface area (Å²) in [5.74, 6) is 0.481. The van der Waals surface area contributed by atoms with Gasteiger partial charge in [0.1, 0.15) is 24.7 Å². The number of carbonyl (C=O) groups excluding carboxylic acids is 1. The van der Waals surface area contributed by atoms with Gasteiger partial charge in [-0.05, 0) is 38.1 Å². The fourth-order valence-corrected chi connectivity index (χ4v) is 2.57. The molecule has 1 aliphatic rings. The second-order valence-electron chi connectivity index (χ2n) is 6.29. The molecule has 2 aromatic rings. The van der Waals surface area contributed by atoms with E-state index in [4.69, 9.17) is 25.8 Å². The molecule has 0 saturated heterocycles. The van der Waals surface area contributed by atoms with Gasteiger partial charge in [0.2, 0.25) is 0 Å². The summed E-state index contributed by atoms with van der Waals surface area (Å²) in [5.41, 5.74) is -1.59. The van der Waals surface area contributed by atoms with Crippen molar-refractivity contribution in [3.8, 4) is 17.2 Å². The molecule has 2 aromatic carbocycles. The van der Waals surface area contributed by atoms with Crippen LogP contribution in [-0.4, -0.2) is 29.6 Å². The summed E-state index contributed by atoms with van der Waals surface area (Å²) >= 11 is 5.84. The standard InChI is InChI=1S/C18H17ClN2O6/c1-18(2,27-12-5-3-11(19)4-6-12)17(22)20-13-9-15-16(26-8-7-25-15)10-14(13)21(23)24/h3-6,9-10H,7-8H2,1-2H3,(H,20,22). The minimum absolute atomic E-state index is 0.00188. The maximum Gasteiger partial charge on any atom is 0.296 e. The lowest BCUT2D eigenvalue weighted by Crippen LogP contribution is -2.42. The van der Waals surface area contributed by atoms with Gasteiger partial charge in [0, 0.05) is 11.1 Å². The molecule has 0 unspecified atom stereocenters.